The minimum Gasteiger partial charge on any atom is -0.398 e. The molecule has 0 aliphatic carbocycles. The predicted molar refractivity (Wildman–Crippen MR) is 88.3 cm³/mol. The minimum absolute atomic E-state index is 0.0231. The Morgan fingerprint density at radius 1 is 1.14 bits per heavy atom. The summed E-state index contributed by atoms with van der Waals surface area (Å²) in [5.41, 5.74) is 7.86. The number of fused-ring (bicyclic) bond motifs is 1. The Labute approximate surface area is 128 Å². The summed E-state index contributed by atoms with van der Waals surface area (Å²) < 4.78 is 26.4. The first-order valence-corrected chi connectivity index (χ1v) is 9.04. The standard InChI is InChI=1S/C16H15NO2S2/c1-11-6-7-14(17)16(8-11)21(18,19)10-12-9-20-15-5-3-2-4-13(12)15/h2-9H,10,17H2,1H3. The van der Waals surface area contributed by atoms with E-state index in [4.69, 9.17) is 5.73 Å². The lowest BCUT2D eigenvalue weighted by Gasteiger charge is -2.08. The van der Waals surface area contributed by atoms with E-state index in [0.717, 1.165) is 21.2 Å². The Morgan fingerprint density at radius 2 is 1.90 bits per heavy atom. The molecule has 21 heavy (non-hydrogen) atoms. The predicted octanol–water partition coefficient (Wildman–Crippen LogP) is 3.77. The van der Waals surface area contributed by atoms with Crippen LogP contribution in [0.1, 0.15) is 11.1 Å². The maximum Gasteiger partial charge on any atom is 0.184 e. The molecular weight excluding hydrogens is 302 g/mol. The molecule has 0 unspecified atom stereocenters. The van der Waals surface area contributed by atoms with Crippen LogP contribution in [0.5, 0.6) is 0 Å². The second-order valence-corrected chi connectivity index (χ2v) is 7.93. The molecule has 5 heteroatoms. The number of rotatable bonds is 3. The second-order valence-electron chi connectivity index (χ2n) is 5.06. The van der Waals surface area contributed by atoms with Crippen LogP contribution in [-0.2, 0) is 15.6 Å². The Balaban J connectivity index is 2.05. The quantitative estimate of drug-likeness (QED) is 0.748. The van der Waals surface area contributed by atoms with Crippen molar-refractivity contribution in [3.05, 3.63) is 59.0 Å². The minimum atomic E-state index is -3.45. The number of aryl methyl sites for hydroxylation is 1. The lowest BCUT2D eigenvalue weighted by atomic mass is 10.2. The Bertz CT molecular complexity index is 911. The van der Waals surface area contributed by atoms with E-state index in [1.165, 1.54) is 0 Å². The molecule has 0 radical (unpaired) electrons. The normalized spacial score (nSPS) is 11.9. The van der Waals surface area contributed by atoms with E-state index < -0.39 is 9.84 Å². The van der Waals surface area contributed by atoms with E-state index in [9.17, 15) is 8.42 Å². The molecule has 3 aromatic rings. The van der Waals surface area contributed by atoms with Crippen molar-refractivity contribution in [2.45, 2.75) is 17.6 Å². The highest BCUT2D eigenvalue weighted by Gasteiger charge is 2.20. The van der Waals surface area contributed by atoms with E-state index in [-0.39, 0.29) is 10.6 Å². The Hall–Kier alpha value is -1.85. The highest BCUT2D eigenvalue weighted by Crippen LogP contribution is 2.30. The zero-order chi connectivity index (χ0) is 15.0. The average Bonchev–Trinajstić information content (AvgIpc) is 2.84. The average molecular weight is 317 g/mol. The van der Waals surface area contributed by atoms with Crippen LogP contribution < -0.4 is 5.73 Å². The molecule has 0 saturated heterocycles. The molecule has 1 aromatic heterocycles. The molecule has 3 rings (SSSR count). The number of anilines is 1. The van der Waals surface area contributed by atoms with Gasteiger partial charge in [-0.25, -0.2) is 8.42 Å². The van der Waals surface area contributed by atoms with Gasteiger partial charge in [-0.15, -0.1) is 11.3 Å². The van der Waals surface area contributed by atoms with Gasteiger partial charge in [0.2, 0.25) is 0 Å². The van der Waals surface area contributed by atoms with Gasteiger partial charge in [0.1, 0.15) is 0 Å². The second kappa shape index (κ2) is 5.16. The SMILES string of the molecule is Cc1ccc(N)c(S(=O)(=O)Cc2csc3ccccc23)c1. The molecule has 0 aliphatic rings. The van der Waals surface area contributed by atoms with Gasteiger partial charge in [0, 0.05) is 4.70 Å². The van der Waals surface area contributed by atoms with Crippen molar-refractivity contribution in [1.82, 2.24) is 0 Å². The van der Waals surface area contributed by atoms with Crippen molar-refractivity contribution in [2.24, 2.45) is 0 Å². The molecule has 0 aliphatic heterocycles. The van der Waals surface area contributed by atoms with Crippen LogP contribution in [0.25, 0.3) is 10.1 Å². The highest BCUT2D eigenvalue weighted by atomic mass is 32.2. The summed E-state index contributed by atoms with van der Waals surface area (Å²) in [6.07, 6.45) is 0. The van der Waals surface area contributed by atoms with Crippen molar-refractivity contribution in [2.75, 3.05) is 5.73 Å². The molecule has 0 saturated carbocycles. The van der Waals surface area contributed by atoms with Crippen LogP contribution in [0.2, 0.25) is 0 Å². The number of thiophene rings is 1. The molecule has 108 valence electrons. The van der Waals surface area contributed by atoms with Crippen LogP contribution in [0.3, 0.4) is 0 Å². The number of sulfone groups is 1. The van der Waals surface area contributed by atoms with E-state index in [1.54, 1.807) is 23.5 Å². The molecule has 0 bridgehead atoms. The number of benzene rings is 2. The summed E-state index contributed by atoms with van der Waals surface area (Å²) in [6, 6.07) is 12.9. The third kappa shape index (κ3) is 2.66. The molecule has 0 fully saturated rings. The Kier molecular flexibility index (Phi) is 3.47. The zero-order valence-corrected chi connectivity index (χ0v) is 13.2. The maximum absolute atomic E-state index is 12.6. The molecular formula is C16H15NO2S2. The largest absolute Gasteiger partial charge is 0.398 e. The van der Waals surface area contributed by atoms with Crippen molar-refractivity contribution >= 4 is 36.9 Å². The summed E-state index contributed by atoms with van der Waals surface area (Å²) in [5, 5.41) is 2.91. The van der Waals surface area contributed by atoms with Crippen molar-refractivity contribution in [1.29, 1.82) is 0 Å². The van der Waals surface area contributed by atoms with E-state index in [1.807, 2.05) is 42.6 Å². The summed E-state index contributed by atoms with van der Waals surface area (Å²) in [5.74, 6) is -0.0231. The van der Waals surface area contributed by atoms with Gasteiger partial charge in [0.15, 0.2) is 9.84 Å². The first-order chi connectivity index (χ1) is 9.97. The number of hydrogen-bond acceptors (Lipinski definition) is 4. The lowest BCUT2D eigenvalue weighted by Crippen LogP contribution is -2.08. The van der Waals surface area contributed by atoms with E-state index >= 15 is 0 Å². The maximum atomic E-state index is 12.6. The number of nitrogen functional groups attached to an aromatic ring is 1. The molecule has 0 spiro atoms. The fourth-order valence-corrected chi connectivity index (χ4v) is 5.00. The zero-order valence-electron chi connectivity index (χ0n) is 11.5. The van der Waals surface area contributed by atoms with Crippen molar-refractivity contribution < 1.29 is 8.42 Å². The van der Waals surface area contributed by atoms with Crippen LogP contribution in [0.15, 0.2) is 52.7 Å². The molecule has 1 heterocycles. The van der Waals surface area contributed by atoms with Gasteiger partial charge >= 0.3 is 0 Å². The molecule has 2 N–H and O–H groups in total. The van der Waals surface area contributed by atoms with Gasteiger partial charge in [-0.2, -0.15) is 0 Å². The van der Waals surface area contributed by atoms with Crippen LogP contribution in [0, 0.1) is 6.92 Å². The molecule has 0 amide bonds. The monoisotopic (exact) mass is 317 g/mol. The van der Waals surface area contributed by atoms with Crippen molar-refractivity contribution in [3.8, 4) is 0 Å². The van der Waals surface area contributed by atoms with Gasteiger partial charge in [0.05, 0.1) is 16.3 Å². The number of hydrogen-bond donors (Lipinski definition) is 1. The third-order valence-electron chi connectivity index (χ3n) is 3.41. The first-order valence-electron chi connectivity index (χ1n) is 6.51. The van der Waals surface area contributed by atoms with E-state index in [2.05, 4.69) is 0 Å². The first kappa shape index (κ1) is 14.1. The van der Waals surface area contributed by atoms with Crippen LogP contribution in [0.4, 0.5) is 5.69 Å². The third-order valence-corrected chi connectivity index (χ3v) is 6.14. The van der Waals surface area contributed by atoms with Gasteiger partial charge < -0.3 is 5.73 Å². The Morgan fingerprint density at radius 3 is 2.71 bits per heavy atom. The molecule has 2 aromatic carbocycles. The number of nitrogens with two attached hydrogens (primary N) is 1. The van der Waals surface area contributed by atoms with Crippen LogP contribution >= 0.6 is 11.3 Å². The van der Waals surface area contributed by atoms with Crippen molar-refractivity contribution in [3.63, 3.8) is 0 Å². The van der Waals surface area contributed by atoms with Gasteiger partial charge in [-0.3, -0.25) is 0 Å². The van der Waals surface area contributed by atoms with Gasteiger partial charge in [-0.05, 0) is 47.0 Å². The van der Waals surface area contributed by atoms with Gasteiger partial charge in [0.25, 0.3) is 0 Å². The topological polar surface area (TPSA) is 60.2 Å². The van der Waals surface area contributed by atoms with Crippen LogP contribution in [-0.4, -0.2) is 8.42 Å². The summed E-state index contributed by atoms with van der Waals surface area (Å²) in [4.78, 5) is 0.220. The smallest absolute Gasteiger partial charge is 0.184 e. The summed E-state index contributed by atoms with van der Waals surface area (Å²) in [7, 11) is -3.45. The highest BCUT2D eigenvalue weighted by molar-refractivity contribution is 7.90. The summed E-state index contributed by atoms with van der Waals surface area (Å²) in [6.45, 7) is 1.86. The van der Waals surface area contributed by atoms with Gasteiger partial charge in [-0.1, -0.05) is 24.3 Å². The molecule has 0 atom stereocenters. The lowest BCUT2D eigenvalue weighted by molar-refractivity contribution is 0.596. The fourth-order valence-electron chi connectivity index (χ4n) is 2.34. The summed E-state index contributed by atoms with van der Waals surface area (Å²) >= 11 is 1.56. The fraction of sp³-hybridized carbons (Fsp3) is 0.125. The van der Waals surface area contributed by atoms with E-state index in [0.29, 0.717) is 5.69 Å². The molecule has 3 nitrogen and oxygen atoms in total.